The Hall–Kier alpha value is 1.05. The molecule has 4 saturated carbocycles. The van der Waals surface area contributed by atoms with Crippen LogP contribution in [0.3, 0.4) is 0 Å². The van der Waals surface area contributed by atoms with E-state index in [0.717, 1.165) is 37.5 Å². The average Bonchev–Trinajstić information content (AvgIpc) is 2.53. The van der Waals surface area contributed by atoms with Crippen LogP contribution in [0, 0.1) is 23.7 Å². The zero-order valence-electron chi connectivity index (χ0n) is 16.5. The van der Waals surface area contributed by atoms with Crippen LogP contribution in [-0.2, 0) is 24.9 Å². The second-order valence-electron chi connectivity index (χ2n) is 8.17. The minimum absolute atomic E-state index is 0. The molecule has 4 aliphatic carbocycles. The van der Waals surface area contributed by atoms with E-state index in [0.29, 0.717) is 17.4 Å². The van der Waals surface area contributed by atoms with Crippen molar-refractivity contribution >= 4 is 37.4 Å². The SMILES string of the molecule is COC1(c2cccc(OP(=O)([O-])O)c2)OOC12C1CC3CC(C1)CC2C3.[Na+].[Na]. The van der Waals surface area contributed by atoms with E-state index in [4.69, 9.17) is 19.4 Å². The molecule has 1 radical (unpaired) electrons. The summed E-state index contributed by atoms with van der Waals surface area (Å²) in [6.07, 6.45) is 5.78. The Balaban J connectivity index is 0.00000112. The van der Waals surface area contributed by atoms with Crippen LogP contribution in [0.2, 0.25) is 0 Å². The summed E-state index contributed by atoms with van der Waals surface area (Å²) < 4.78 is 21.6. The van der Waals surface area contributed by atoms with Crippen LogP contribution >= 0.6 is 7.82 Å². The summed E-state index contributed by atoms with van der Waals surface area (Å²) in [7, 11) is -3.29. The monoisotopic (exact) mass is 427 g/mol. The smallest absolute Gasteiger partial charge is 0.746 e. The second kappa shape index (κ2) is 8.19. The summed E-state index contributed by atoms with van der Waals surface area (Å²) in [6, 6.07) is 6.49. The van der Waals surface area contributed by atoms with Gasteiger partial charge in [-0.25, -0.2) is 4.89 Å². The Bertz CT molecular complexity index is 753. The molecule has 4 bridgehead atoms. The van der Waals surface area contributed by atoms with E-state index in [2.05, 4.69) is 4.52 Å². The molecule has 0 amide bonds. The average molecular weight is 427 g/mol. The minimum atomic E-state index is -4.88. The van der Waals surface area contributed by atoms with Crippen molar-refractivity contribution in [3.63, 3.8) is 0 Å². The van der Waals surface area contributed by atoms with Crippen LogP contribution in [0.1, 0.15) is 37.7 Å². The van der Waals surface area contributed by atoms with Crippen LogP contribution in [0.5, 0.6) is 5.75 Å². The van der Waals surface area contributed by atoms with Crippen LogP contribution in [0.15, 0.2) is 24.3 Å². The molecule has 1 aromatic rings. The van der Waals surface area contributed by atoms with Crippen molar-refractivity contribution in [3.05, 3.63) is 29.8 Å². The maximum atomic E-state index is 11.1. The molecule has 1 heterocycles. The number of methoxy groups -OCH3 is 1. The number of rotatable bonds is 4. The summed E-state index contributed by atoms with van der Waals surface area (Å²) >= 11 is 0. The van der Waals surface area contributed by atoms with Gasteiger partial charge in [0.1, 0.15) is 5.75 Å². The van der Waals surface area contributed by atoms with Gasteiger partial charge in [-0.1, -0.05) is 12.1 Å². The van der Waals surface area contributed by atoms with E-state index in [1.54, 1.807) is 19.2 Å². The van der Waals surface area contributed by atoms with Crippen molar-refractivity contribution in [2.24, 2.45) is 23.7 Å². The molecule has 1 saturated heterocycles. The molecule has 5 fully saturated rings. The Morgan fingerprint density at radius 1 is 1.14 bits per heavy atom. The standard InChI is InChI=1S/C18H23O7P.2Na/c1-22-18(13-3-2-4-16(10-13)23-26(19,20)21)17(24-25-18)14-6-11-5-12(8-14)9-15(17)7-11;;/h2-4,10-12,14-15H,5-9H2,1H3,(H2,19,20,21);;/q;;+1/p-1. The molecule has 1 N–H and O–H groups in total. The minimum Gasteiger partial charge on any atom is -0.746 e. The van der Waals surface area contributed by atoms with Gasteiger partial charge in [0.15, 0.2) is 5.60 Å². The van der Waals surface area contributed by atoms with E-state index in [1.807, 2.05) is 6.07 Å². The van der Waals surface area contributed by atoms with Gasteiger partial charge in [0.2, 0.25) is 0 Å². The summed E-state index contributed by atoms with van der Waals surface area (Å²) in [5.41, 5.74) is 0.0958. The third-order valence-electron chi connectivity index (χ3n) is 6.88. The third-order valence-corrected chi connectivity index (χ3v) is 7.33. The summed E-state index contributed by atoms with van der Waals surface area (Å²) in [5.74, 6) is 1.18. The van der Waals surface area contributed by atoms with Gasteiger partial charge >= 0.3 is 37.4 Å². The molecular weight excluding hydrogens is 405 g/mol. The number of phosphoric acid groups is 1. The Labute approximate surface area is 208 Å². The van der Waals surface area contributed by atoms with Crippen LogP contribution in [0.25, 0.3) is 0 Å². The fourth-order valence-corrected chi connectivity index (χ4v) is 6.63. The van der Waals surface area contributed by atoms with Crippen molar-refractivity contribution in [1.29, 1.82) is 0 Å². The Kier molecular flexibility index (Phi) is 6.94. The van der Waals surface area contributed by atoms with E-state index >= 15 is 0 Å². The van der Waals surface area contributed by atoms with Crippen molar-refractivity contribution in [2.75, 3.05) is 7.11 Å². The molecule has 1 aromatic carbocycles. The van der Waals surface area contributed by atoms with Gasteiger partial charge < -0.3 is 19.0 Å². The molecule has 6 rings (SSSR count). The van der Waals surface area contributed by atoms with Crippen molar-refractivity contribution in [3.8, 4) is 5.75 Å². The topological polar surface area (TPSA) is 97.3 Å². The van der Waals surface area contributed by atoms with Gasteiger partial charge in [-0.3, -0.25) is 4.57 Å². The van der Waals surface area contributed by atoms with Crippen LogP contribution in [0.4, 0.5) is 0 Å². The van der Waals surface area contributed by atoms with Gasteiger partial charge in [-0.05, 0) is 67.9 Å². The molecule has 1 spiro atoms. The molecule has 28 heavy (non-hydrogen) atoms. The first-order valence-corrected chi connectivity index (χ1v) is 10.6. The molecule has 143 valence electrons. The molecule has 2 atom stereocenters. The van der Waals surface area contributed by atoms with Gasteiger partial charge in [0.05, 0.1) is 0 Å². The van der Waals surface area contributed by atoms with Gasteiger partial charge in [0, 0.05) is 42.2 Å². The summed E-state index contributed by atoms with van der Waals surface area (Å²) in [5, 5.41) is 0. The number of ether oxygens (including phenoxy) is 1. The first-order chi connectivity index (χ1) is 12.4. The van der Waals surface area contributed by atoms with Gasteiger partial charge in [-0.15, -0.1) is 0 Å². The fraction of sp³-hybridized carbons (Fsp3) is 0.667. The summed E-state index contributed by atoms with van der Waals surface area (Å²) in [4.78, 5) is 31.6. The Morgan fingerprint density at radius 2 is 1.75 bits per heavy atom. The fourth-order valence-electron chi connectivity index (χ4n) is 6.25. The molecule has 1 aliphatic heterocycles. The first-order valence-electron chi connectivity index (χ1n) is 9.12. The molecule has 2 unspecified atom stereocenters. The van der Waals surface area contributed by atoms with Gasteiger partial charge in [0.25, 0.3) is 5.79 Å². The largest absolute Gasteiger partial charge is 1.00 e. The molecule has 5 aliphatic rings. The van der Waals surface area contributed by atoms with E-state index < -0.39 is 19.2 Å². The number of benzene rings is 1. The zero-order chi connectivity index (χ0) is 18.2. The Morgan fingerprint density at radius 3 is 2.21 bits per heavy atom. The third kappa shape index (κ3) is 3.44. The van der Waals surface area contributed by atoms with Gasteiger partial charge in [-0.2, -0.15) is 4.89 Å². The quantitative estimate of drug-likeness (QED) is 0.378. The van der Waals surface area contributed by atoms with Crippen LogP contribution < -0.4 is 39.0 Å². The maximum absolute atomic E-state index is 11.1. The molecule has 7 nitrogen and oxygen atoms in total. The number of hydrogen-bond donors (Lipinski definition) is 1. The van der Waals surface area contributed by atoms with Crippen molar-refractivity contribution < 1.29 is 62.9 Å². The molecule has 0 aromatic heterocycles. The van der Waals surface area contributed by atoms with E-state index in [9.17, 15) is 9.46 Å². The van der Waals surface area contributed by atoms with Crippen LogP contribution in [-0.4, -0.2) is 47.2 Å². The molecule has 10 heteroatoms. The predicted molar refractivity (Wildman–Crippen MR) is 93.3 cm³/mol. The zero-order valence-corrected chi connectivity index (χ0v) is 21.4. The van der Waals surface area contributed by atoms with E-state index in [-0.39, 0.29) is 64.9 Å². The van der Waals surface area contributed by atoms with E-state index in [1.165, 1.54) is 12.5 Å². The predicted octanol–water partition coefficient (Wildman–Crippen LogP) is -0.895. The summed E-state index contributed by atoms with van der Waals surface area (Å²) in [6.45, 7) is 0. The molecular formula is C18H22Na2O7P. The van der Waals surface area contributed by atoms with Crippen molar-refractivity contribution in [2.45, 2.75) is 43.5 Å². The van der Waals surface area contributed by atoms with Crippen molar-refractivity contribution in [1.82, 2.24) is 0 Å². The second-order valence-corrected chi connectivity index (χ2v) is 9.29. The number of phosphoric ester groups is 1. The first kappa shape index (κ1) is 23.7. The maximum Gasteiger partial charge on any atom is 1.00 e. The number of hydrogen-bond acceptors (Lipinski definition) is 6. The normalized spacial score (nSPS) is 42.1.